The first-order valence-electron chi connectivity index (χ1n) is 9.42. The number of carbonyl (C=O) groups is 1. The summed E-state index contributed by atoms with van der Waals surface area (Å²) < 4.78 is 14.2. The molecule has 3 rings (SSSR count). The zero-order valence-electron chi connectivity index (χ0n) is 16.3. The highest BCUT2D eigenvalue weighted by atomic mass is 19.1. The molecule has 0 aliphatic rings. The second-order valence-corrected chi connectivity index (χ2v) is 6.71. The highest BCUT2D eigenvalue weighted by molar-refractivity contribution is 5.99. The first kappa shape index (κ1) is 20.9. The molecule has 30 heavy (non-hydrogen) atoms. The van der Waals surface area contributed by atoms with Gasteiger partial charge in [-0.15, -0.1) is 0 Å². The van der Waals surface area contributed by atoms with Crippen molar-refractivity contribution in [1.29, 1.82) is 0 Å². The van der Waals surface area contributed by atoms with E-state index < -0.39 is 11.8 Å². The summed E-state index contributed by atoms with van der Waals surface area (Å²) in [6.45, 7) is 1.98. The second kappa shape index (κ2) is 9.09. The summed E-state index contributed by atoms with van der Waals surface area (Å²) in [6.07, 6.45) is 2.75. The van der Waals surface area contributed by atoms with Gasteiger partial charge in [0.1, 0.15) is 17.3 Å². The normalized spacial score (nSPS) is 10.9. The van der Waals surface area contributed by atoms with Gasteiger partial charge in [0.15, 0.2) is 0 Å². The number of rotatable bonds is 6. The van der Waals surface area contributed by atoms with Crippen molar-refractivity contribution in [3.8, 4) is 11.5 Å². The minimum Gasteiger partial charge on any atom is -0.508 e. The maximum absolute atomic E-state index is 14.2. The molecule has 5 heteroatoms. The minimum absolute atomic E-state index is 0.143. The molecule has 0 aliphatic heterocycles. The van der Waals surface area contributed by atoms with Crippen LogP contribution in [0.4, 0.5) is 4.39 Å². The van der Waals surface area contributed by atoms with Crippen molar-refractivity contribution in [3.63, 3.8) is 0 Å². The monoisotopic (exact) mass is 404 g/mol. The number of benzene rings is 3. The first-order valence-corrected chi connectivity index (χ1v) is 9.42. The van der Waals surface area contributed by atoms with Gasteiger partial charge in [0, 0.05) is 11.6 Å². The minimum atomic E-state index is -1.15. The molecule has 4 nitrogen and oxygen atoms in total. The van der Waals surface area contributed by atoms with Crippen LogP contribution in [0.15, 0.2) is 72.8 Å². The standard InChI is InChI=1S/C25H21FO4/c1-2-22(18-7-13-23(26)19(15-18)8-14-24(29)30)25(16-3-9-20(27)10-4-16)17-5-11-21(28)12-6-17/h3-15,27-28H,2H2,1H3,(H,29,30). The number of phenolic OH excluding ortho intramolecular Hbond substituents is 2. The highest BCUT2D eigenvalue weighted by Gasteiger charge is 2.14. The quantitative estimate of drug-likeness (QED) is 0.364. The van der Waals surface area contributed by atoms with Crippen molar-refractivity contribution < 1.29 is 24.5 Å². The van der Waals surface area contributed by atoms with E-state index in [1.807, 2.05) is 6.92 Å². The van der Waals surface area contributed by atoms with Gasteiger partial charge in [-0.25, -0.2) is 9.18 Å². The lowest BCUT2D eigenvalue weighted by Crippen LogP contribution is -1.96. The molecule has 0 bridgehead atoms. The van der Waals surface area contributed by atoms with Crippen LogP contribution in [0.3, 0.4) is 0 Å². The molecule has 0 atom stereocenters. The number of aliphatic carboxylic acids is 1. The smallest absolute Gasteiger partial charge is 0.328 e. The summed E-state index contributed by atoms with van der Waals surface area (Å²) in [6, 6.07) is 18.1. The molecular formula is C25H21FO4. The van der Waals surface area contributed by atoms with Crippen LogP contribution in [0.1, 0.15) is 35.6 Å². The number of carboxylic acids is 1. The van der Waals surface area contributed by atoms with Crippen LogP contribution >= 0.6 is 0 Å². The molecule has 3 aromatic rings. The molecule has 152 valence electrons. The van der Waals surface area contributed by atoms with Crippen molar-refractivity contribution in [2.75, 3.05) is 0 Å². The van der Waals surface area contributed by atoms with Gasteiger partial charge in [0.05, 0.1) is 0 Å². The summed E-state index contributed by atoms with van der Waals surface area (Å²) in [5, 5.41) is 28.2. The Balaban J connectivity index is 2.25. The Hall–Kier alpha value is -3.86. The van der Waals surface area contributed by atoms with E-state index in [2.05, 4.69) is 0 Å². The second-order valence-electron chi connectivity index (χ2n) is 6.71. The van der Waals surface area contributed by atoms with Crippen LogP contribution in [-0.2, 0) is 4.79 Å². The van der Waals surface area contributed by atoms with E-state index in [-0.39, 0.29) is 17.1 Å². The lowest BCUT2D eigenvalue weighted by molar-refractivity contribution is -0.131. The molecule has 0 aliphatic carbocycles. The van der Waals surface area contributed by atoms with E-state index in [0.29, 0.717) is 6.42 Å². The molecular weight excluding hydrogens is 383 g/mol. The van der Waals surface area contributed by atoms with E-state index in [9.17, 15) is 19.4 Å². The van der Waals surface area contributed by atoms with Gasteiger partial charge in [-0.2, -0.15) is 0 Å². The fourth-order valence-corrected chi connectivity index (χ4v) is 3.32. The van der Waals surface area contributed by atoms with E-state index in [0.717, 1.165) is 33.9 Å². The van der Waals surface area contributed by atoms with Gasteiger partial charge >= 0.3 is 5.97 Å². The third kappa shape index (κ3) is 4.75. The molecule has 0 heterocycles. The van der Waals surface area contributed by atoms with Crippen molar-refractivity contribution in [1.82, 2.24) is 0 Å². The number of aromatic hydroxyl groups is 2. The van der Waals surface area contributed by atoms with Gasteiger partial charge in [-0.1, -0.05) is 37.3 Å². The molecule has 0 unspecified atom stereocenters. The Morgan fingerprint density at radius 2 is 1.37 bits per heavy atom. The number of hydrogen-bond acceptors (Lipinski definition) is 3. The number of halogens is 1. The molecule has 0 amide bonds. The Bertz CT molecular complexity index is 1060. The Morgan fingerprint density at radius 3 is 1.83 bits per heavy atom. The molecule has 3 aromatic carbocycles. The average Bonchev–Trinajstić information content (AvgIpc) is 2.73. The highest BCUT2D eigenvalue weighted by Crippen LogP contribution is 2.36. The predicted molar refractivity (Wildman–Crippen MR) is 115 cm³/mol. The summed E-state index contributed by atoms with van der Waals surface area (Å²) in [5.41, 5.74) is 4.41. The van der Waals surface area contributed by atoms with E-state index in [4.69, 9.17) is 5.11 Å². The lowest BCUT2D eigenvalue weighted by atomic mass is 9.87. The Kier molecular flexibility index (Phi) is 6.32. The van der Waals surface area contributed by atoms with Crippen molar-refractivity contribution in [2.45, 2.75) is 13.3 Å². The molecule has 0 radical (unpaired) electrons. The summed E-state index contributed by atoms with van der Waals surface area (Å²) in [5.74, 6) is -1.38. The zero-order valence-corrected chi connectivity index (χ0v) is 16.3. The third-order valence-corrected chi connectivity index (χ3v) is 4.72. The van der Waals surface area contributed by atoms with E-state index in [1.54, 1.807) is 60.7 Å². The SMILES string of the molecule is CCC(=C(c1ccc(O)cc1)c1ccc(O)cc1)c1ccc(F)c(C=CC(=O)O)c1. The Labute approximate surface area is 173 Å². The fourth-order valence-electron chi connectivity index (χ4n) is 3.32. The predicted octanol–water partition coefficient (Wildman–Crippen LogP) is 5.70. The maximum Gasteiger partial charge on any atom is 0.328 e. The van der Waals surface area contributed by atoms with Crippen LogP contribution in [0.2, 0.25) is 0 Å². The molecule has 0 aromatic heterocycles. The summed E-state index contributed by atoms with van der Waals surface area (Å²) in [7, 11) is 0. The molecule has 0 fully saturated rings. The van der Waals surface area contributed by atoms with Gasteiger partial charge in [0.2, 0.25) is 0 Å². The van der Waals surface area contributed by atoms with Crippen LogP contribution < -0.4 is 0 Å². The van der Waals surface area contributed by atoms with E-state index >= 15 is 0 Å². The third-order valence-electron chi connectivity index (χ3n) is 4.72. The van der Waals surface area contributed by atoms with Crippen molar-refractivity contribution in [3.05, 3.63) is 101 Å². The summed E-state index contributed by atoms with van der Waals surface area (Å²) in [4.78, 5) is 10.8. The lowest BCUT2D eigenvalue weighted by Gasteiger charge is -2.17. The topological polar surface area (TPSA) is 77.8 Å². The number of carboxylic acid groups (broad SMARTS) is 1. The van der Waals surface area contributed by atoms with Gasteiger partial charge in [-0.3, -0.25) is 0 Å². The van der Waals surface area contributed by atoms with E-state index in [1.165, 1.54) is 12.1 Å². The van der Waals surface area contributed by atoms with Gasteiger partial charge in [0.25, 0.3) is 0 Å². The van der Waals surface area contributed by atoms with Crippen LogP contribution in [0.25, 0.3) is 17.2 Å². The maximum atomic E-state index is 14.2. The fraction of sp³-hybridized carbons (Fsp3) is 0.0800. The van der Waals surface area contributed by atoms with Gasteiger partial charge < -0.3 is 15.3 Å². The number of allylic oxidation sites excluding steroid dienone is 1. The zero-order chi connectivity index (χ0) is 21.7. The largest absolute Gasteiger partial charge is 0.508 e. The number of hydrogen-bond donors (Lipinski definition) is 3. The van der Waals surface area contributed by atoms with Crippen LogP contribution in [-0.4, -0.2) is 21.3 Å². The summed E-state index contributed by atoms with van der Waals surface area (Å²) >= 11 is 0. The first-order chi connectivity index (χ1) is 14.4. The molecule has 0 saturated heterocycles. The molecule has 3 N–H and O–H groups in total. The average molecular weight is 404 g/mol. The van der Waals surface area contributed by atoms with Crippen LogP contribution in [0, 0.1) is 5.82 Å². The number of phenols is 2. The molecule has 0 spiro atoms. The van der Waals surface area contributed by atoms with Gasteiger partial charge in [-0.05, 0) is 76.7 Å². The molecule has 0 saturated carbocycles. The van der Waals surface area contributed by atoms with Crippen molar-refractivity contribution >= 4 is 23.2 Å². The Morgan fingerprint density at radius 1 is 0.867 bits per heavy atom. The van der Waals surface area contributed by atoms with Crippen molar-refractivity contribution in [2.24, 2.45) is 0 Å². The van der Waals surface area contributed by atoms with Crippen LogP contribution in [0.5, 0.6) is 11.5 Å².